The van der Waals surface area contributed by atoms with E-state index in [2.05, 4.69) is 0 Å². The van der Waals surface area contributed by atoms with E-state index in [4.69, 9.17) is 4.74 Å². The van der Waals surface area contributed by atoms with E-state index in [1.54, 1.807) is 11.8 Å². The third-order valence-electron chi connectivity index (χ3n) is 2.46. The number of carbonyl (C=O) groups excluding carboxylic acids is 2. The van der Waals surface area contributed by atoms with Crippen molar-refractivity contribution in [2.75, 3.05) is 6.73 Å². The van der Waals surface area contributed by atoms with E-state index >= 15 is 0 Å². The first-order chi connectivity index (χ1) is 6.24. The molecule has 1 fully saturated rings. The molecule has 4 heteroatoms. The van der Waals surface area contributed by atoms with Gasteiger partial charge in [0.05, 0.1) is 12.0 Å². The van der Waals surface area contributed by atoms with Gasteiger partial charge in [-0.1, -0.05) is 19.1 Å². The van der Waals surface area contributed by atoms with Crippen LogP contribution < -0.4 is 0 Å². The van der Waals surface area contributed by atoms with E-state index in [0.717, 1.165) is 0 Å². The van der Waals surface area contributed by atoms with Gasteiger partial charge in [0.25, 0.3) is 0 Å². The Morgan fingerprint density at radius 1 is 1.62 bits per heavy atom. The molecule has 0 radical (unpaired) electrons. The molecule has 0 saturated carbocycles. The standard InChI is InChI=1S/C9H11NO3/c1-2-8(11)13-5-10-7-4-3-6(7)9(10)12/h3-4,6-7H,2,5H2,1H3/t6-,7+/m0/s1. The van der Waals surface area contributed by atoms with Gasteiger partial charge in [-0.3, -0.25) is 9.59 Å². The average Bonchev–Trinajstić information content (AvgIpc) is 2.09. The fraction of sp³-hybridized carbons (Fsp3) is 0.556. The second-order valence-corrected chi connectivity index (χ2v) is 3.21. The van der Waals surface area contributed by atoms with Crippen LogP contribution in [0.3, 0.4) is 0 Å². The van der Waals surface area contributed by atoms with Gasteiger partial charge in [-0.25, -0.2) is 0 Å². The zero-order valence-corrected chi connectivity index (χ0v) is 7.40. The summed E-state index contributed by atoms with van der Waals surface area (Å²) in [5.41, 5.74) is 0. The molecule has 0 unspecified atom stereocenters. The molecule has 0 aromatic heterocycles. The number of nitrogens with zero attached hydrogens (tertiary/aromatic N) is 1. The van der Waals surface area contributed by atoms with E-state index in [-0.39, 0.29) is 30.6 Å². The van der Waals surface area contributed by atoms with Crippen molar-refractivity contribution in [2.45, 2.75) is 19.4 Å². The van der Waals surface area contributed by atoms with Crippen LogP contribution in [0.4, 0.5) is 0 Å². The largest absolute Gasteiger partial charge is 0.444 e. The van der Waals surface area contributed by atoms with Gasteiger partial charge in [0.2, 0.25) is 5.91 Å². The lowest BCUT2D eigenvalue weighted by molar-refractivity contribution is -0.168. The normalized spacial score (nSPS) is 29.0. The van der Waals surface area contributed by atoms with Crippen LogP contribution in [0.5, 0.6) is 0 Å². The van der Waals surface area contributed by atoms with Crippen molar-refractivity contribution < 1.29 is 14.3 Å². The monoisotopic (exact) mass is 181 g/mol. The molecule has 0 aromatic rings. The summed E-state index contributed by atoms with van der Waals surface area (Å²) in [5.74, 6) is -0.128. The van der Waals surface area contributed by atoms with Crippen LogP contribution in [-0.2, 0) is 14.3 Å². The average molecular weight is 181 g/mol. The van der Waals surface area contributed by atoms with Crippen LogP contribution >= 0.6 is 0 Å². The zero-order chi connectivity index (χ0) is 9.42. The Kier molecular flexibility index (Phi) is 1.83. The first-order valence-electron chi connectivity index (χ1n) is 4.38. The maximum atomic E-state index is 11.2. The van der Waals surface area contributed by atoms with Gasteiger partial charge in [-0.05, 0) is 0 Å². The molecule has 0 aromatic carbocycles. The van der Waals surface area contributed by atoms with Crippen LogP contribution in [0.2, 0.25) is 0 Å². The molecule has 0 spiro atoms. The predicted octanol–water partition coefficient (Wildman–Crippen LogP) is 0.294. The molecule has 2 atom stereocenters. The maximum absolute atomic E-state index is 11.2. The number of esters is 1. The first-order valence-corrected chi connectivity index (χ1v) is 4.38. The SMILES string of the molecule is CCC(=O)OCN1C(=O)[C@H]2C=C[C@H]21. The Balaban J connectivity index is 1.81. The Labute approximate surface area is 76.2 Å². The third kappa shape index (κ3) is 1.13. The number of hydrogen-bond donors (Lipinski definition) is 0. The lowest BCUT2D eigenvalue weighted by Crippen LogP contribution is -2.63. The fourth-order valence-corrected chi connectivity index (χ4v) is 1.50. The minimum atomic E-state index is -0.264. The molecule has 0 bridgehead atoms. The van der Waals surface area contributed by atoms with Crippen molar-refractivity contribution in [1.82, 2.24) is 4.90 Å². The topological polar surface area (TPSA) is 46.6 Å². The summed E-state index contributed by atoms with van der Waals surface area (Å²) in [4.78, 5) is 23.6. The molecule has 0 N–H and O–H groups in total. The second-order valence-electron chi connectivity index (χ2n) is 3.21. The Morgan fingerprint density at radius 2 is 2.38 bits per heavy atom. The zero-order valence-electron chi connectivity index (χ0n) is 7.40. The Bertz CT molecular complexity index is 285. The molecule has 4 nitrogen and oxygen atoms in total. The highest BCUT2D eigenvalue weighted by Gasteiger charge is 2.49. The predicted molar refractivity (Wildman–Crippen MR) is 44.5 cm³/mol. The molecular formula is C9H11NO3. The molecule has 1 aliphatic heterocycles. The van der Waals surface area contributed by atoms with Crippen LogP contribution in [0.25, 0.3) is 0 Å². The van der Waals surface area contributed by atoms with Gasteiger partial charge >= 0.3 is 5.97 Å². The summed E-state index contributed by atoms with van der Waals surface area (Å²) in [6, 6.07) is 0.192. The number of rotatable bonds is 3. The molecule has 13 heavy (non-hydrogen) atoms. The molecule has 1 amide bonds. The van der Waals surface area contributed by atoms with Crippen molar-refractivity contribution in [2.24, 2.45) is 5.92 Å². The lowest BCUT2D eigenvalue weighted by atomic mass is 9.79. The number of hydrogen-bond acceptors (Lipinski definition) is 3. The van der Waals surface area contributed by atoms with Crippen molar-refractivity contribution >= 4 is 11.9 Å². The molecule has 1 saturated heterocycles. The van der Waals surface area contributed by atoms with Gasteiger partial charge in [0, 0.05) is 6.42 Å². The fourth-order valence-electron chi connectivity index (χ4n) is 1.50. The number of carbonyl (C=O) groups is 2. The van der Waals surface area contributed by atoms with Gasteiger partial charge < -0.3 is 9.64 Å². The molecule has 70 valence electrons. The number of likely N-dealkylation sites (tertiary alicyclic amines) is 1. The molecule has 2 rings (SSSR count). The minimum Gasteiger partial charge on any atom is -0.444 e. The molecule has 2 aliphatic rings. The molecule has 1 heterocycles. The van der Waals surface area contributed by atoms with Gasteiger partial charge in [-0.2, -0.15) is 0 Å². The van der Waals surface area contributed by atoms with E-state index in [9.17, 15) is 9.59 Å². The van der Waals surface area contributed by atoms with Gasteiger partial charge in [0.1, 0.15) is 0 Å². The highest BCUT2D eigenvalue weighted by atomic mass is 16.5. The first kappa shape index (κ1) is 8.29. The summed E-state index contributed by atoms with van der Waals surface area (Å²) in [5, 5.41) is 0. The van der Waals surface area contributed by atoms with E-state index in [1.165, 1.54) is 0 Å². The number of β-lactam (4-membered cyclic amide) rings is 1. The van der Waals surface area contributed by atoms with Crippen molar-refractivity contribution in [3.05, 3.63) is 12.2 Å². The highest BCUT2D eigenvalue weighted by Crippen LogP contribution is 2.35. The Hall–Kier alpha value is -1.32. The van der Waals surface area contributed by atoms with E-state index in [0.29, 0.717) is 6.42 Å². The summed E-state index contributed by atoms with van der Waals surface area (Å²) in [6.07, 6.45) is 4.18. The van der Waals surface area contributed by atoms with Crippen molar-refractivity contribution in [1.29, 1.82) is 0 Å². The number of ether oxygens (including phenoxy) is 1. The van der Waals surface area contributed by atoms with Crippen LogP contribution in [-0.4, -0.2) is 29.5 Å². The van der Waals surface area contributed by atoms with Crippen LogP contribution in [0.15, 0.2) is 12.2 Å². The summed E-state index contributed by atoms with van der Waals surface area (Å²) in [6.45, 7) is 1.84. The second kappa shape index (κ2) is 2.87. The number of amides is 1. The quantitative estimate of drug-likeness (QED) is 0.357. The lowest BCUT2D eigenvalue weighted by Gasteiger charge is -2.48. The molecular weight excluding hydrogens is 170 g/mol. The summed E-state index contributed by atoms with van der Waals surface area (Å²) in [7, 11) is 0. The van der Waals surface area contributed by atoms with Crippen LogP contribution in [0, 0.1) is 5.92 Å². The molecule has 1 aliphatic carbocycles. The van der Waals surface area contributed by atoms with E-state index < -0.39 is 0 Å². The summed E-state index contributed by atoms with van der Waals surface area (Å²) >= 11 is 0. The van der Waals surface area contributed by atoms with E-state index in [1.807, 2.05) is 12.2 Å². The van der Waals surface area contributed by atoms with Gasteiger partial charge in [-0.15, -0.1) is 0 Å². The summed E-state index contributed by atoms with van der Waals surface area (Å²) < 4.78 is 4.85. The maximum Gasteiger partial charge on any atom is 0.307 e. The van der Waals surface area contributed by atoms with Gasteiger partial charge in [0.15, 0.2) is 6.73 Å². The smallest absolute Gasteiger partial charge is 0.307 e. The Morgan fingerprint density at radius 3 is 2.85 bits per heavy atom. The number of fused-ring (bicyclic) bond motifs is 1. The highest BCUT2D eigenvalue weighted by molar-refractivity contribution is 5.90. The minimum absolute atomic E-state index is 0.0661. The van der Waals surface area contributed by atoms with Crippen LogP contribution in [0.1, 0.15) is 13.3 Å². The van der Waals surface area contributed by atoms with Crippen molar-refractivity contribution in [3.8, 4) is 0 Å². The third-order valence-corrected chi connectivity index (χ3v) is 2.46. The van der Waals surface area contributed by atoms with Crippen molar-refractivity contribution in [3.63, 3.8) is 0 Å².